The van der Waals surface area contributed by atoms with Gasteiger partial charge in [-0.3, -0.25) is 0 Å². The van der Waals surface area contributed by atoms with Gasteiger partial charge in [0.15, 0.2) is 0 Å². The van der Waals surface area contributed by atoms with Crippen molar-refractivity contribution in [1.82, 2.24) is 0 Å². The summed E-state index contributed by atoms with van der Waals surface area (Å²) in [5.74, 6) is 0. The van der Waals surface area contributed by atoms with Crippen LogP contribution in [0.2, 0.25) is 0 Å². The third-order valence-electron chi connectivity index (χ3n) is 1.79. The van der Waals surface area contributed by atoms with Gasteiger partial charge in [0.25, 0.3) is 0 Å². The van der Waals surface area contributed by atoms with Crippen LogP contribution in [0.25, 0.3) is 0 Å². The molecule has 0 radical (unpaired) electrons. The number of thiol groups is 2. The molecule has 0 aliphatic rings. The first-order chi connectivity index (χ1) is 7.18. The average molecular weight is 234 g/mol. The molecule has 2 aromatic rings. The standard InChI is InChI=1S/C7H8S.C6H6S/c1-6-2-4-7(8)5-3-6;7-6-4-2-1-3-5-6/h2-5,8H,1H3;1-5,7H. The molecule has 0 N–H and O–H groups in total. The highest BCUT2D eigenvalue weighted by atomic mass is 32.1. The number of benzene rings is 2. The van der Waals surface area contributed by atoms with Crippen molar-refractivity contribution >= 4 is 25.3 Å². The van der Waals surface area contributed by atoms with Crippen LogP contribution in [0.1, 0.15) is 5.56 Å². The largest absolute Gasteiger partial charge is 0.143 e. The van der Waals surface area contributed by atoms with Gasteiger partial charge < -0.3 is 0 Å². The summed E-state index contributed by atoms with van der Waals surface area (Å²) in [6.07, 6.45) is 0. The van der Waals surface area contributed by atoms with Gasteiger partial charge in [-0.1, -0.05) is 35.9 Å². The zero-order valence-corrected chi connectivity index (χ0v) is 10.4. The summed E-state index contributed by atoms with van der Waals surface area (Å²) < 4.78 is 0. The van der Waals surface area contributed by atoms with Gasteiger partial charge in [-0.15, -0.1) is 25.3 Å². The molecular formula is C13H14S2. The van der Waals surface area contributed by atoms with Crippen molar-refractivity contribution in [2.75, 3.05) is 0 Å². The fourth-order valence-electron chi connectivity index (χ4n) is 0.973. The molecule has 0 amide bonds. The summed E-state index contributed by atoms with van der Waals surface area (Å²) in [6.45, 7) is 2.06. The van der Waals surface area contributed by atoms with E-state index in [4.69, 9.17) is 0 Å². The minimum atomic E-state index is 1.02. The molecule has 0 atom stereocenters. The molecule has 0 heterocycles. The van der Waals surface area contributed by atoms with Crippen molar-refractivity contribution in [3.8, 4) is 0 Å². The summed E-state index contributed by atoms with van der Waals surface area (Å²) in [5, 5.41) is 0. The molecule has 2 aromatic carbocycles. The quantitative estimate of drug-likeness (QED) is 0.625. The zero-order chi connectivity index (χ0) is 11.1. The molecular weight excluding hydrogens is 220 g/mol. The Morgan fingerprint density at radius 2 is 1.13 bits per heavy atom. The lowest BCUT2D eigenvalue weighted by atomic mass is 10.2. The van der Waals surface area contributed by atoms with Gasteiger partial charge in [0.1, 0.15) is 0 Å². The molecule has 2 rings (SSSR count). The Bertz CT molecular complexity index is 358. The maximum atomic E-state index is 4.13. The molecule has 15 heavy (non-hydrogen) atoms. The summed E-state index contributed by atoms with van der Waals surface area (Å²) in [6, 6.07) is 17.8. The third-order valence-corrected chi connectivity index (χ3v) is 2.39. The molecule has 78 valence electrons. The molecule has 0 saturated heterocycles. The van der Waals surface area contributed by atoms with E-state index in [0.717, 1.165) is 9.79 Å². The Morgan fingerprint density at radius 1 is 0.667 bits per heavy atom. The fourth-order valence-corrected chi connectivity index (χ4v) is 1.29. The van der Waals surface area contributed by atoms with Crippen LogP contribution in [0.5, 0.6) is 0 Å². The van der Waals surface area contributed by atoms with Crippen LogP contribution in [0, 0.1) is 6.92 Å². The predicted octanol–water partition coefficient (Wildman–Crippen LogP) is 4.26. The second-order valence-corrected chi connectivity index (χ2v) is 4.20. The first kappa shape index (κ1) is 12.2. The number of rotatable bonds is 0. The molecule has 0 aromatic heterocycles. The van der Waals surface area contributed by atoms with E-state index in [1.54, 1.807) is 0 Å². The molecule has 0 bridgehead atoms. The Hall–Kier alpha value is -0.860. The number of hydrogen-bond donors (Lipinski definition) is 2. The molecule has 0 nitrogen and oxygen atoms in total. The monoisotopic (exact) mass is 234 g/mol. The highest BCUT2D eigenvalue weighted by Gasteiger charge is 1.80. The smallest absolute Gasteiger partial charge is 0.00401 e. The summed E-state index contributed by atoms with van der Waals surface area (Å²) in [7, 11) is 0. The molecule has 0 fully saturated rings. The lowest BCUT2D eigenvalue weighted by molar-refractivity contribution is 1.39. The molecule has 0 unspecified atom stereocenters. The molecule has 2 heteroatoms. The van der Waals surface area contributed by atoms with Crippen LogP contribution in [-0.2, 0) is 0 Å². The Morgan fingerprint density at radius 3 is 1.47 bits per heavy atom. The summed E-state index contributed by atoms with van der Waals surface area (Å²) in [4.78, 5) is 2.04. The van der Waals surface area contributed by atoms with Crippen molar-refractivity contribution < 1.29 is 0 Å². The van der Waals surface area contributed by atoms with E-state index >= 15 is 0 Å². The van der Waals surface area contributed by atoms with Gasteiger partial charge in [-0.05, 0) is 31.2 Å². The Balaban J connectivity index is 0.000000151. The van der Waals surface area contributed by atoms with Gasteiger partial charge in [0, 0.05) is 9.79 Å². The zero-order valence-electron chi connectivity index (χ0n) is 8.59. The van der Waals surface area contributed by atoms with Gasteiger partial charge in [-0.2, -0.15) is 0 Å². The van der Waals surface area contributed by atoms with E-state index in [0.29, 0.717) is 0 Å². The minimum Gasteiger partial charge on any atom is -0.143 e. The van der Waals surface area contributed by atoms with Crippen LogP contribution in [-0.4, -0.2) is 0 Å². The van der Waals surface area contributed by atoms with Gasteiger partial charge in [0.2, 0.25) is 0 Å². The summed E-state index contributed by atoms with van der Waals surface area (Å²) >= 11 is 8.22. The van der Waals surface area contributed by atoms with Gasteiger partial charge in [-0.25, -0.2) is 0 Å². The van der Waals surface area contributed by atoms with Crippen LogP contribution in [0.15, 0.2) is 64.4 Å². The minimum absolute atomic E-state index is 1.02. The topological polar surface area (TPSA) is 0 Å². The summed E-state index contributed by atoms with van der Waals surface area (Å²) in [5.41, 5.74) is 1.28. The van der Waals surface area contributed by atoms with Crippen molar-refractivity contribution in [2.24, 2.45) is 0 Å². The van der Waals surface area contributed by atoms with E-state index < -0.39 is 0 Å². The van der Waals surface area contributed by atoms with Crippen LogP contribution in [0.3, 0.4) is 0 Å². The normalized spacial score (nSPS) is 9.00. The van der Waals surface area contributed by atoms with E-state index in [2.05, 4.69) is 32.2 Å². The molecule has 0 saturated carbocycles. The van der Waals surface area contributed by atoms with E-state index in [1.165, 1.54) is 5.56 Å². The molecule has 0 aliphatic heterocycles. The Labute approximate surface area is 102 Å². The third kappa shape index (κ3) is 5.55. The maximum absolute atomic E-state index is 4.13. The fraction of sp³-hybridized carbons (Fsp3) is 0.0769. The highest BCUT2D eigenvalue weighted by molar-refractivity contribution is 7.80. The Kier molecular flexibility index (Phi) is 5.37. The van der Waals surface area contributed by atoms with E-state index in [1.807, 2.05) is 54.6 Å². The van der Waals surface area contributed by atoms with E-state index in [-0.39, 0.29) is 0 Å². The second-order valence-electron chi connectivity index (χ2n) is 3.17. The maximum Gasteiger partial charge on any atom is 0.00401 e. The van der Waals surface area contributed by atoms with Crippen molar-refractivity contribution in [3.63, 3.8) is 0 Å². The SMILES string of the molecule is Cc1ccc(S)cc1.Sc1ccccc1. The van der Waals surface area contributed by atoms with E-state index in [9.17, 15) is 0 Å². The first-order valence-electron chi connectivity index (χ1n) is 4.68. The second kappa shape index (κ2) is 6.59. The van der Waals surface area contributed by atoms with Crippen LogP contribution < -0.4 is 0 Å². The average Bonchev–Trinajstić information content (AvgIpc) is 2.25. The molecule has 0 aliphatic carbocycles. The number of hydrogen-bond acceptors (Lipinski definition) is 2. The van der Waals surface area contributed by atoms with Crippen molar-refractivity contribution in [1.29, 1.82) is 0 Å². The molecule has 0 spiro atoms. The van der Waals surface area contributed by atoms with Gasteiger partial charge >= 0.3 is 0 Å². The predicted molar refractivity (Wildman–Crippen MR) is 72.1 cm³/mol. The number of aryl methyl sites for hydroxylation is 1. The highest BCUT2D eigenvalue weighted by Crippen LogP contribution is 2.05. The van der Waals surface area contributed by atoms with Crippen LogP contribution in [0.4, 0.5) is 0 Å². The van der Waals surface area contributed by atoms with Crippen molar-refractivity contribution in [3.05, 3.63) is 60.2 Å². The first-order valence-corrected chi connectivity index (χ1v) is 5.57. The van der Waals surface area contributed by atoms with Gasteiger partial charge in [0.05, 0.1) is 0 Å². The lowest BCUT2D eigenvalue weighted by Gasteiger charge is -1.89. The lowest BCUT2D eigenvalue weighted by Crippen LogP contribution is -1.67. The van der Waals surface area contributed by atoms with Crippen molar-refractivity contribution in [2.45, 2.75) is 16.7 Å². The van der Waals surface area contributed by atoms with Crippen LogP contribution >= 0.6 is 25.3 Å².